The molecule has 0 aliphatic carbocycles. The van der Waals surface area contributed by atoms with E-state index in [4.69, 9.17) is 0 Å². The third kappa shape index (κ3) is 6.62. The molecule has 0 bridgehead atoms. The third-order valence-electron chi connectivity index (χ3n) is 4.02. The predicted octanol–water partition coefficient (Wildman–Crippen LogP) is 3.08. The number of carbonyl (C=O) groups is 1. The summed E-state index contributed by atoms with van der Waals surface area (Å²) in [7, 11) is 0. The second kappa shape index (κ2) is 10.5. The van der Waals surface area contributed by atoms with Crippen LogP contribution in [0.25, 0.3) is 0 Å². The molecule has 1 rings (SSSR count). The van der Waals surface area contributed by atoms with Crippen LogP contribution in [0.1, 0.15) is 52.9 Å². The minimum atomic E-state index is 0. The molecule has 3 nitrogen and oxygen atoms in total. The molecule has 1 aliphatic heterocycles. The normalized spacial score (nSPS) is 17.6. The van der Waals surface area contributed by atoms with Crippen LogP contribution in [-0.4, -0.2) is 37.0 Å². The molecule has 1 fully saturated rings. The molecule has 1 atom stereocenters. The van der Waals surface area contributed by atoms with Crippen LogP contribution >= 0.6 is 12.4 Å². The summed E-state index contributed by atoms with van der Waals surface area (Å²) in [6.07, 6.45) is 5.33. The molecule has 114 valence electrons. The lowest BCUT2D eigenvalue weighted by atomic mass is 9.84. The highest BCUT2D eigenvalue weighted by molar-refractivity contribution is 5.85. The molecule has 1 aliphatic rings. The van der Waals surface area contributed by atoms with Gasteiger partial charge in [0.25, 0.3) is 0 Å². The van der Waals surface area contributed by atoms with Crippen LogP contribution in [0.3, 0.4) is 0 Å². The molecule has 1 amide bonds. The Morgan fingerprint density at radius 3 is 2.21 bits per heavy atom. The van der Waals surface area contributed by atoms with E-state index in [0.717, 1.165) is 51.4 Å². The van der Waals surface area contributed by atoms with Crippen molar-refractivity contribution in [2.45, 2.75) is 52.9 Å². The number of nitrogens with zero attached hydrogens (tertiary/aromatic N) is 1. The summed E-state index contributed by atoms with van der Waals surface area (Å²) >= 11 is 0. The lowest BCUT2D eigenvalue weighted by Crippen LogP contribution is -2.36. The van der Waals surface area contributed by atoms with E-state index in [1.54, 1.807) is 0 Å². The summed E-state index contributed by atoms with van der Waals surface area (Å²) in [5.41, 5.74) is 0. The van der Waals surface area contributed by atoms with E-state index >= 15 is 0 Å². The first-order valence-electron chi connectivity index (χ1n) is 7.67. The summed E-state index contributed by atoms with van der Waals surface area (Å²) in [5.74, 6) is 1.64. The first-order valence-corrected chi connectivity index (χ1v) is 7.67. The van der Waals surface area contributed by atoms with Crippen LogP contribution < -0.4 is 5.32 Å². The van der Waals surface area contributed by atoms with E-state index < -0.39 is 0 Å². The van der Waals surface area contributed by atoms with Crippen LogP contribution in [0.5, 0.6) is 0 Å². The van der Waals surface area contributed by atoms with E-state index in [1.807, 2.05) is 0 Å². The van der Waals surface area contributed by atoms with E-state index in [-0.39, 0.29) is 12.4 Å². The van der Waals surface area contributed by atoms with Crippen molar-refractivity contribution < 1.29 is 4.79 Å². The standard InChI is InChI=1S/C15H30N2O.ClH/c1-4-10-17(11-5-2)15(18)12-13(3)14-6-8-16-9-7-14;/h13-14,16H,4-12H2,1-3H3;1H. The van der Waals surface area contributed by atoms with Gasteiger partial charge in [0.05, 0.1) is 0 Å². The van der Waals surface area contributed by atoms with Crippen molar-refractivity contribution in [3.05, 3.63) is 0 Å². The van der Waals surface area contributed by atoms with Crippen LogP contribution in [0.2, 0.25) is 0 Å². The van der Waals surface area contributed by atoms with Crippen molar-refractivity contribution in [2.24, 2.45) is 11.8 Å². The maximum atomic E-state index is 12.3. The summed E-state index contributed by atoms with van der Waals surface area (Å²) in [4.78, 5) is 14.3. The molecule has 0 aromatic heterocycles. The molecule has 1 N–H and O–H groups in total. The fourth-order valence-electron chi connectivity index (χ4n) is 2.89. The van der Waals surface area contributed by atoms with E-state index in [2.05, 4.69) is 31.0 Å². The minimum absolute atomic E-state index is 0. The average Bonchev–Trinajstić information content (AvgIpc) is 2.39. The number of amides is 1. The van der Waals surface area contributed by atoms with Gasteiger partial charge in [0.1, 0.15) is 0 Å². The fourth-order valence-corrected chi connectivity index (χ4v) is 2.89. The van der Waals surface area contributed by atoms with Crippen molar-refractivity contribution in [1.29, 1.82) is 0 Å². The smallest absolute Gasteiger partial charge is 0.222 e. The second-order valence-corrected chi connectivity index (χ2v) is 5.65. The zero-order valence-corrected chi connectivity index (χ0v) is 13.6. The molecule has 1 unspecified atom stereocenters. The number of hydrogen-bond acceptors (Lipinski definition) is 2. The van der Waals surface area contributed by atoms with Gasteiger partial charge in [0.15, 0.2) is 0 Å². The monoisotopic (exact) mass is 290 g/mol. The van der Waals surface area contributed by atoms with Crippen molar-refractivity contribution in [3.63, 3.8) is 0 Å². The second-order valence-electron chi connectivity index (χ2n) is 5.65. The van der Waals surface area contributed by atoms with Crippen molar-refractivity contribution in [1.82, 2.24) is 10.2 Å². The fraction of sp³-hybridized carbons (Fsp3) is 0.933. The third-order valence-corrected chi connectivity index (χ3v) is 4.02. The van der Waals surface area contributed by atoms with E-state index in [1.165, 1.54) is 12.8 Å². The van der Waals surface area contributed by atoms with Crippen molar-refractivity contribution >= 4 is 18.3 Å². The van der Waals surface area contributed by atoms with Gasteiger partial charge in [0.2, 0.25) is 5.91 Å². The number of halogens is 1. The molecular weight excluding hydrogens is 260 g/mol. The van der Waals surface area contributed by atoms with Crippen LogP contribution in [0, 0.1) is 11.8 Å². The SMILES string of the molecule is CCCN(CCC)C(=O)CC(C)C1CCNCC1.Cl. The Kier molecular flexibility index (Phi) is 10.3. The van der Waals surface area contributed by atoms with Gasteiger partial charge in [-0.05, 0) is 50.6 Å². The topological polar surface area (TPSA) is 32.3 Å². The number of hydrogen-bond donors (Lipinski definition) is 1. The Labute approximate surface area is 124 Å². The van der Waals surface area contributed by atoms with Gasteiger partial charge < -0.3 is 10.2 Å². The molecule has 4 heteroatoms. The van der Waals surface area contributed by atoms with Crippen molar-refractivity contribution in [3.8, 4) is 0 Å². The lowest BCUT2D eigenvalue weighted by Gasteiger charge is -2.30. The number of carbonyl (C=O) groups excluding carboxylic acids is 1. The highest BCUT2D eigenvalue weighted by Gasteiger charge is 2.23. The first-order chi connectivity index (χ1) is 8.69. The number of nitrogens with one attached hydrogen (secondary N) is 1. The summed E-state index contributed by atoms with van der Waals surface area (Å²) in [6.45, 7) is 10.6. The Morgan fingerprint density at radius 2 is 1.74 bits per heavy atom. The molecule has 0 saturated carbocycles. The Balaban J connectivity index is 0.00000324. The molecule has 0 spiro atoms. The molecule has 0 aromatic rings. The predicted molar refractivity (Wildman–Crippen MR) is 83.8 cm³/mol. The molecule has 19 heavy (non-hydrogen) atoms. The van der Waals surface area contributed by atoms with E-state index in [9.17, 15) is 4.79 Å². The largest absolute Gasteiger partial charge is 0.343 e. The number of piperidine rings is 1. The average molecular weight is 291 g/mol. The summed E-state index contributed by atoms with van der Waals surface area (Å²) < 4.78 is 0. The Hall–Kier alpha value is -0.280. The van der Waals surface area contributed by atoms with Crippen LogP contribution in [0.15, 0.2) is 0 Å². The molecule has 1 heterocycles. The lowest BCUT2D eigenvalue weighted by molar-refractivity contribution is -0.132. The zero-order chi connectivity index (χ0) is 13.4. The van der Waals surface area contributed by atoms with Gasteiger partial charge in [-0.2, -0.15) is 0 Å². The summed E-state index contributed by atoms with van der Waals surface area (Å²) in [6, 6.07) is 0. The maximum absolute atomic E-state index is 12.3. The highest BCUT2D eigenvalue weighted by Crippen LogP contribution is 2.24. The molecule has 0 aromatic carbocycles. The van der Waals surface area contributed by atoms with Crippen LogP contribution in [-0.2, 0) is 4.79 Å². The Morgan fingerprint density at radius 1 is 1.21 bits per heavy atom. The van der Waals surface area contributed by atoms with Gasteiger partial charge in [-0.25, -0.2) is 0 Å². The van der Waals surface area contributed by atoms with Crippen molar-refractivity contribution in [2.75, 3.05) is 26.2 Å². The van der Waals surface area contributed by atoms with Gasteiger partial charge >= 0.3 is 0 Å². The number of rotatable bonds is 7. The van der Waals surface area contributed by atoms with Crippen LogP contribution in [0.4, 0.5) is 0 Å². The van der Waals surface area contributed by atoms with E-state index in [0.29, 0.717) is 11.8 Å². The molecule has 1 saturated heterocycles. The van der Waals surface area contributed by atoms with Gasteiger partial charge in [-0.1, -0.05) is 20.8 Å². The zero-order valence-electron chi connectivity index (χ0n) is 12.8. The van der Waals surface area contributed by atoms with Gasteiger partial charge in [0, 0.05) is 19.5 Å². The highest BCUT2D eigenvalue weighted by atomic mass is 35.5. The van der Waals surface area contributed by atoms with Gasteiger partial charge in [-0.15, -0.1) is 12.4 Å². The molecular formula is C15H31ClN2O. The Bertz CT molecular complexity index is 236. The maximum Gasteiger partial charge on any atom is 0.222 e. The van der Waals surface area contributed by atoms with Gasteiger partial charge in [-0.3, -0.25) is 4.79 Å². The first kappa shape index (κ1) is 18.7. The summed E-state index contributed by atoms with van der Waals surface area (Å²) in [5, 5.41) is 3.39. The molecule has 0 radical (unpaired) electrons. The minimum Gasteiger partial charge on any atom is -0.343 e. The quantitative estimate of drug-likeness (QED) is 0.781.